The molecule has 3 aromatic rings. The first-order valence-electron chi connectivity index (χ1n) is 7.50. The average molecular weight is 314 g/mol. The van der Waals surface area contributed by atoms with Gasteiger partial charge in [-0.15, -0.1) is 11.3 Å². The van der Waals surface area contributed by atoms with Crippen molar-refractivity contribution in [1.82, 2.24) is 29.2 Å². The van der Waals surface area contributed by atoms with E-state index in [-0.39, 0.29) is 0 Å². The maximum absolute atomic E-state index is 4.61. The van der Waals surface area contributed by atoms with E-state index in [9.17, 15) is 0 Å². The summed E-state index contributed by atoms with van der Waals surface area (Å²) in [6.45, 7) is 4.79. The van der Waals surface area contributed by atoms with E-state index in [1.54, 1.807) is 11.3 Å². The summed E-state index contributed by atoms with van der Waals surface area (Å²) in [5.41, 5.74) is 1.23. The Bertz CT molecular complexity index is 715. The minimum Gasteiger partial charge on any atom is -0.329 e. The molecule has 0 radical (unpaired) electrons. The summed E-state index contributed by atoms with van der Waals surface area (Å²) >= 11 is 1.73. The van der Waals surface area contributed by atoms with E-state index in [2.05, 4.69) is 24.5 Å². The largest absolute Gasteiger partial charge is 0.329 e. The van der Waals surface area contributed by atoms with Gasteiger partial charge in [0.15, 0.2) is 0 Å². The fourth-order valence-electron chi connectivity index (χ4n) is 2.90. The third-order valence-corrected chi connectivity index (χ3v) is 4.80. The highest BCUT2D eigenvalue weighted by atomic mass is 32.1. The molecule has 7 heteroatoms. The molecule has 0 saturated carbocycles. The minimum atomic E-state index is 0.784. The highest BCUT2D eigenvalue weighted by Crippen LogP contribution is 2.15. The monoisotopic (exact) mass is 314 g/mol. The first-order chi connectivity index (χ1) is 10.9. The van der Waals surface area contributed by atoms with Crippen molar-refractivity contribution in [3.63, 3.8) is 0 Å². The molecule has 4 heterocycles. The molecular formula is C15H18N6S. The molecule has 0 aromatic carbocycles. The Morgan fingerprint density at radius 3 is 2.91 bits per heavy atom. The lowest BCUT2D eigenvalue weighted by Gasteiger charge is -2.18. The van der Waals surface area contributed by atoms with Gasteiger partial charge in [-0.25, -0.2) is 9.97 Å². The molecule has 6 nitrogen and oxygen atoms in total. The topological polar surface area (TPSA) is 51.8 Å². The van der Waals surface area contributed by atoms with Crippen LogP contribution >= 0.6 is 11.3 Å². The van der Waals surface area contributed by atoms with Crippen LogP contribution in [0.5, 0.6) is 0 Å². The molecule has 0 saturated heterocycles. The lowest BCUT2D eigenvalue weighted by Crippen LogP contribution is -2.26. The number of thiazole rings is 1. The average Bonchev–Trinajstić information content (AvgIpc) is 3.24. The number of rotatable bonds is 4. The van der Waals surface area contributed by atoms with Gasteiger partial charge in [0.1, 0.15) is 10.8 Å². The molecule has 1 aliphatic heterocycles. The first-order valence-corrected chi connectivity index (χ1v) is 8.38. The Labute approximate surface area is 133 Å². The Morgan fingerprint density at radius 2 is 2.09 bits per heavy atom. The smallest absolute Gasteiger partial charge is 0.110 e. The molecule has 0 amide bonds. The number of aromatic nitrogens is 5. The summed E-state index contributed by atoms with van der Waals surface area (Å²) in [6.07, 6.45) is 8.67. The van der Waals surface area contributed by atoms with Crippen molar-refractivity contribution in [2.24, 2.45) is 0 Å². The number of fused-ring (bicyclic) bond motifs is 1. The summed E-state index contributed by atoms with van der Waals surface area (Å²) in [5, 5.41) is 7.52. The van der Waals surface area contributed by atoms with Crippen LogP contribution < -0.4 is 0 Å². The molecular weight excluding hydrogens is 296 g/mol. The molecule has 0 aliphatic carbocycles. The minimum absolute atomic E-state index is 0.784. The van der Waals surface area contributed by atoms with Crippen LogP contribution in [0.25, 0.3) is 0 Å². The number of nitrogens with zero attached hydrogens (tertiary/aromatic N) is 6. The van der Waals surface area contributed by atoms with Gasteiger partial charge >= 0.3 is 0 Å². The van der Waals surface area contributed by atoms with Gasteiger partial charge in [0.05, 0.1) is 25.0 Å². The number of imidazole rings is 1. The molecule has 0 spiro atoms. The van der Waals surface area contributed by atoms with E-state index in [1.165, 1.54) is 16.5 Å². The van der Waals surface area contributed by atoms with Gasteiger partial charge in [0, 0.05) is 50.0 Å². The summed E-state index contributed by atoms with van der Waals surface area (Å²) in [7, 11) is 0. The Balaban J connectivity index is 1.46. The standard InChI is InChI=1S/C15H18N6S/c1-3-18-20(5-1)11-13-10-17-14-2-6-19(7-8-21(13)14)12-15-16-4-9-22-15/h1,3-5,9-10H,2,6-8,11-12H2. The summed E-state index contributed by atoms with van der Waals surface area (Å²) in [4.78, 5) is 11.5. The molecule has 0 N–H and O–H groups in total. The second kappa shape index (κ2) is 6.02. The number of hydrogen-bond acceptors (Lipinski definition) is 5. The molecule has 0 bridgehead atoms. The van der Waals surface area contributed by atoms with Crippen LogP contribution in [-0.2, 0) is 26.1 Å². The van der Waals surface area contributed by atoms with Gasteiger partial charge in [-0.2, -0.15) is 5.10 Å². The van der Waals surface area contributed by atoms with Crippen molar-refractivity contribution < 1.29 is 0 Å². The molecule has 0 atom stereocenters. The predicted octanol–water partition coefficient (Wildman–Crippen LogP) is 1.64. The van der Waals surface area contributed by atoms with Crippen LogP contribution in [0.1, 0.15) is 16.5 Å². The van der Waals surface area contributed by atoms with Gasteiger partial charge < -0.3 is 4.57 Å². The summed E-state index contributed by atoms with van der Waals surface area (Å²) in [6, 6.07) is 1.95. The maximum atomic E-state index is 4.61. The molecule has 0 unspecified atom stereocenters. The normalized spacial score (nSPS) is 15.6. The third kappa shape index (κ3) is 2.82. The molecule has 3 aromatic heterocycles. The van der Waals surface area contributed by atoms with E-state index < -0.39 is 0 Å². The van der Waals surface area contributed by atoms with Crippen molar-refractivity contribution in [2.45, 2.75) is 26.1 Å². The van der Waals surface area contributed by atoms with Crippen LogP contribution in [0.4, 0.5) is 0 Å². The van der Waals surface area contributed by atoms with Crippen LogP contribution in [0, 0.1) is 0 Å². The molecule has 1 aliphatic rings. The Kier molecular flexibility index (Phi) is 3.74. The zero-order chi connectivity index (χ0) is 14.8. The van der Waals surface area contributed by atoms with E-state index >= 15 is 0 Å². The molecule has 0 fully saturated rings. The maximum Gasteiger partial charge on any atom is 0.110 e. The summed E-state index contributed by atoms with van der Waals surface area (Å²) in [5.74, 6) is 1.18. The zero-order valence-electron chi connectivity index (χ0n) is 12.3. The third-order valence-electron chi connectivity index (χ3n) is 4.04. The second-order valence-electron chi connectivity index (χ2n) is 5.47. The van der Waals surface area contributed by atoms with E-state index in [1.807, 2.05) is 40.9 Å². The first kappa shape index (κ1) is 13.7. The lowest BCUT2D eigenvalue weighted by atomic mass is 10.4. The zero-order valence-corrected chi connectivity index (χ0v) is 13.1. The van der Waals surface area contributed by atoms with Gasteiger partial charge in [0.25, 0.3) is 0 Å². The highest BCUT2D eigenvalue weighted by molar-refractivity contribution is 7.09. The van der Waals surface area contributed by atoms with Gasteiger partial charge in [-0.3, -0.25) is 9.58 Å². The van der Waals surface area contributed by atoms with Gasteiger partial charge in [-0.05, 0) is 6.07 Å². The molecule has 4 rings (SSSR count). The Hall–Kier alpha value is -1.99. The number of hydrogen-bond donors (Lipinski definition) is 0. The van der Waals surface area contributed by atoms with E-state index in [0.29, 0.717) is 0 Å². The SMILES string of the molecule is c1cnn(Cc2cnc3n2CCN(Cc2nccs2)CC3)c1. The second-order valence-corrected chi connectivity index (χ2v) is 6.45. The van der Waals surface area contributed by atoms with Gasteiger partial charge in [-0.1, -0.05) is 0 Å². The fourth-order valence-corrected chi connectivity index (χ4v) is 3.56. The van der Waals surface area contributed by atoms with E-state index in [4.69, 9.17) is 0 Å². The van der Waals surface area contributed by atoms with Crippen molar-refractivity contribution in [2.75, 3.05) is 13.1 Å². The Morgan fingerprint density at radius 1 is 1.09 bits per heavy atom. The predicted molar refractivity (Wildman–Crippen MR) is 84.7 cm³/mol. The van der Waals surface area contributed by atoms with Crippen LogP contribution in [-0.4, -0.2) is 42.3 Å². The van der Waals surface area contributed by atoms with Crippen molar-refractivity contribution >= 4 is 11.3 Å². The lowest BCUT2D eigenvalue weighted by molar-refractivity contribution is 0.270. The van der Waals surface area contributed by atoms with Crippen LogP contribution in [0.2, 0.25) is 0 Å². The summed E-state index contributed by atoms with van der Waals surface area (Å²) < 4.78 is 4.30. The molecule has 22 heavy (non-hydrogen) atoms. The van der Waals surface area contributed by atoms with Crippen LogP contribution in [0.3, 0.4) is 0 Å². The highest BCUT2D eigenvalue weighted by Gasteiger charge is 2.18. The van der Waals surface area contributed by atoms with Crippen molar-refractivity contribution in [3.8, 4) is 0 Å². The van der Waals surface area contributed by atoms with E-state index in [0.717, 1.165) is 39.1 Å². The van der Waals surface area contributed by atoms with Crippen LogP contribution in [0.15, 0.2) is 36.2 Å². The van der Waals surface area contributed by atoms with Crippen molar-refractivity contribution in [3.05, 3.63) is 52.8 Å². The quantitative estimate of drug-likeness (QED) is 0.735. The van der Waals surface area contributed by atoms with Gasteiger partial charge in [0.2, 0.25) is 0 Å². The molecule has 114 valence electrons. The van der Waals surface area contributed by atoms with Crippen molar-refractivity contribution in [1.29, 1.82) is 0 Å². The fraction of sp³-hybridized carbons (Fsp3) is 0.400.